The van der Waals surface area contributed by atoms with Crippen LogP contribution >= 0.6 is 0 Å². The number of benzene rings is 1. The maximum absolute atomic E-state index is 12.2. The van der Waals surface area contributed by atoms with Crippen LogP contribution in [0, 0.1) is 25.7 Å². The average Bonchev–Trinajstić information content (AvgIpc) is 2.45. The van der Waals surface area contributed by atoms with E-state index in [1.165, 1.54) is 0 Å². The van der Waals surface area contributed by atoms with Gasteiger partial charge in [-0.3, -0.25) is 9.78 Å². The van der Waals surface area contributed by atoms with Gasteiger partial charge in [-0.05, 0) is 49.2 Å². The van der Waals surface area contributed by atoms with E-state index in [1.807, 2.05) is 38.1 Å². The van der Waals surface area contributed by atoms with Crippen LogP contribution in [0.4, 0.5) is 5.69 Å². The van der Waals surface area contributed by atoms with Crippen LogP contribution in [-0.4, -0.2) is 17.4 Å². The number of hydrogen-bond donors (Lipinski definition) is 2. The first kappa shape index (κ1) is 14.8. The molecule has 106 valence electrons. The molecule has 4 heteroatoms. The summed E-state index contributed by atoms with van der Waals surface area (Å²) >= 11 is 0. The Morgan fingerprint density at radius 2 is 2.14 bits per heavy atom. The Morgan fingerprint density at radius 1 is 1.33 bits per heavy atom. The molecule has 0 atom stereocenters. The van der Waals surface area contributed by atoms with Crippen molar-refractivity contribution in [3.8, 4) is 11.8 Å². The highest BCUT2D eigenvalue weighted by Gasteiger charge is 2.10. The summed E-state index contributed by atoms with van der Waals surface area (Å²) in [7, 11) is 0. The Kier molecular flexibility index (Phi) is 4.70. The van der Waals surface area contributed by atoms with Crippen LogP contribution < -0.4 is 11.1 Å². The molecule has 0 spiro atoms. The van der Waals surface area contributed by atoms with Gasteiger partial charge in [0.25, 0.3) is 5.91 Å². The van der Waals surface area contributed by atoms with E-state index in [0.29, 0.717) is 17.9 Å². The van der Waals surface area contributed by atoms with E-state index in [2.05, 4.69) is 22.1 Å². The smallest absolute Gasteiger partial charge is 0.274 e. The Hall–Kier alpha value is -2.64. The number of nitrogens with one attached hydrogen (secondary N) is 1. The van der Waals surface area contributed by atoms with Crippen molar-refractivity contribution in [2.45, 2.75) is 13.8 Å². The van der Waals surface area contributed by atoms with Gasteiger partial charge in [-0.1, -0.05) is 17.9 Å². The summed E-state index contributed by atoms with van der Waals surface area (Å²) < 4.78 is 0. The lowest BCUT2D eigenvalue weighted by Gasteiger charge is -2.08. The zero-order chi connectivity index (χ0) is 15.2. The Bertz CT molecular complexity index is 726. The number of nitrogens with two attached hydrogens (primary N) is 1. The minimum atomic E-state index is -0.226. The van der Waals surface area contributed by atoms with E-state index in [1.54, 1.807) is 12.3 Å². The predicted octanol–water partition coefficient (Wildman–Crippen LogP) is 2.26. The molecule has 0 saturated carbocycles. The maximum Gasteiger partial charge on any atom is 0.274 e. The van der Waals surface area contributed by atoms with Crippen LogP contribution in [0.3, 0.4) is 0 Å². The first-order valence-corrected chi connectivity index (χ1v) is 6.64. The number of hydrogen-bond acceptors (Lipinski definition) is 3. The Balaban J connectivity index is 2.25. The number of aryl methyl sites for hydroxylation is 2. The summed E-state index contributed by atoms with van der Waals surface area (Å²) in [6, 6.07) is 9.33. The first-order chi connectivity index (χ1) is 10.1. The van der Waals surface area contributed by atoms with Gasteiger partial charge in [0, 0.05) is 17.4 Å². The van der Waals surface area contributed by atoms with Crippen molar-refractivity contribution < 1.29 is 4.79 Å². The van der Waals surface area contributed by atoms with Crippen LogP contribution in [0.25, 0.3) is 0 Å². The predicted molar refractivity (Wildman–Crippen MR) is 84.0 cm³/mol. The molecule has 0 unspecified atom stereocenters. The molecule has 0 saturated heterocycles. The molecule has 1 aromatic heterocycles. The molecule has 0 aliphatic heterocycles. The molecule has 0 aliphatic rings. The van der Waals surface area contributed by atoms with E-state index >= 15 is 0 Å². The van der Waals surface area contributed by atoms with Gasteiger partial charge < -0.3 is 11.1 Å². The van der Waals surface area contributed by atoms with Crippen molar-refractivity contribution in [3.05, 3.63) is 58.9 Å². The lowest BCUT2D eigenvalue weighted by atomic mass is 10.1. The zero-order valence-electron chi connectivity index (χ0n) is 12.1. The monoisotopic (exact) mass is 279 g/mol. The topological polar surface area (TPSA) is 68.0 Å². The quantitative estimate of drug-likeness (QED) is 0.829. The summed E-state index contributed by atoms with van der Waals surface area (Å²) in [5.41, 5.74) is 9.19. The third kappa shape index (κ3) is 3.91. The third-order valence-electron chi connectivity index (χ3n) is 2.89. The molecule has 1 amide bonds. The van der Waals surface area contributed by atoms with Crippen molar-refractivity contribution in [2.24, 2.45) is 5.73 Å². The number of aromatic nitrogens is 1. The lowest BCUT2D eigenvalue weighted by Crippen LogP contribution is -2.15. The second kappa shape index (κ2) is 6.69. The highest BCUT2D eigenvalue weighted by atomic mass is 16.1. The number of amides is 1. The fourth-order valence-corrected chi connectivity index (χ4v) is 1.99. The number of pyridine rings is 1. The van der Waals surface area contributed by atoms with Crippen LogP contribution in [0.2, 0.25) is 0 Å². The van der Waals surface area contributed by atoms with E-state index in [0.717, 1.165) is 16.7 Å². The molecule has 4 nitrogen and oxygen atoms in total. The van der Waals surface area contributed by atoms with Crippen molar-refractivity contribution in [1.82, 2.24) is 4.98 Å². The summed E-state index contributed by atoms with van der Waals surface area (Å²) in [5.74, 6) is 5.55. The molecule has 2 rings (SSSR count). The van der Waals surface area contributed by atoms with E-state index < -0.39 is 0 Å². The van der Waals surface area contributed by atoms with Crippen LogP contribution in [-0.2, 0) is 0 Å². The summed E-state index contributed by atoms with van der Waals surface area (Å²) in [6.45, 7) is 4.12. The molecule has 21 heavy (non-hydrogen) atoms. The summed E-state index contributed by atoms with van der Waals surface area (Å²) in [6.07, 6.45) is 1.61. The van der Waals surface area contributed by atoms with Crippen molar-refractivity contribution >= 4 is 11.6 Å². The molecule has 0 fully saturated rings. The minimum Gasteiger partial charge on any atom is -0.321 e. The number of nitrogens with zero attached hydrogens (tertiary/aromatic N) is 1. The first-order valence-electron chi connectivity index (χ1n) is 6.64. The normalized spacial score (nSPS) is 9.67. The molecule has 0 bridgehead atoms. The van der Waals surface area contributed by atoms with Crippen molar-refractivity contribution in [1.29, 1.82) is 0 Å². The molecule has 1 heterocycles. The van der Waals surface area contributed by atoms with Gasteiger partial charge in [0.2, 0.25) is 0 Å². The lowest BCUT2D eigenvalue weighted by molar-refractivity contribution is 0.102. The highest BCUT2D eigenvalue weighted by molar-refractivity contribution is 6.03. The Labute approximate surface area is 124 Å². The number of carbonyl (C=O) groups is 1. The zero-order valence-corrected chi connectivity index (χ0v) is 12.1. The average molecular weight is 279 g/mol. The largest absolute Gasteiger partial charge is 0.321 e. The number of carbonyl (C=O) groups excluding carboxylic acids is 1. The van der Waals surface area contributed by atoms with Gasteiger partial charge in [0.15, 0.2) is 0 Å². The number of anilines is 1. The van der Waals surface area contributed by atoms with Crippen LogP contribution in [0.1, 0.15) is 27.2 Å². The van der Waals surface area contributed by atoms with Gasteiger partial charge in [0.05, 0.1) is 6.54 Å². The summed E-state index contributed by atoms with van der Waals surface area (Å²) in [4.78, 5) is 16.4. The minimum absolute atomic E-state index is 0.226. The van der Waals surface area contributed by atoms with Crippen LogP contribution in [0.5, 0.6) is 0 Å². The molecule has 1 aromatic carbocycles. The second-order valence-electron chi connectivity index (χ2n) is 4.72. The standard InChI is InChI=1S/C17H17N3O/c1-12-9-14(6-3-7-18)11-15(10-12)20-17(21)16-13(2)5-4-8-19-16/h4-5,8-11H,7,18H2,1-2H3,(H,20,21). The van der Waals surface area contributed by atoms with E-state index in [-0.39, 0.29) is 5.91 Å². The van der Waals surface area contributed by atoms with Gasteiger partial charge in [-0.2, -0.15) is 0 Å². The van der Waals surface area contributed by atoms with Crippen molar-refractivity contribution in [3.63, 3.8) is 0 Å². The van der Waals surface area contributed by atoms with Gasteiger partial charge >= 0.3 is 0 Å². The second-order valence-corrected chi connectivity index (χ2v) is 4.72. The highest BCUT2D eigenvalue weighted by Crippen LogP contribution is 2.15. The summed E-state index contributed by atoms with van der Waals surface area (Å²) in [5, 5.41) is 2.86. The molecular weight excluding hydrogens is 262 g/mol. The number of rotatable bonds is 2. The molecule has 2 aromatic rings. The van der Waals surface area contributed by atoms with E-state index in [4.69, 9.17) is 5.73 Å². The van der Waals surface area contributed by atoms with Gasteiger partial charge in [-0.15, -0.1) is 0 Å². The van der Waals surface area contributed by atoms with Crippen LogP contribution in [0.15, 0.2) is 36.5 Å². The fourth-order valence-electron chi connectivity index (χ4n) is 1.99. The molecule has 0 aliphatic carbocycles. The molecular formula is C17H17N3O. The molecule has 0 radical (unpaired) electrons. The van der Waals surface area contributed by atoms with E-state index in [9.17, 15) is 4.79 Å². The SMILES string of the molecule is Cc1cc(C#CCN)cc(NC(=O)c2ncccc2C)c1. The Morgan fingerprint density at radius 3 is 2.86 bits per heavy atom. The fraction of sp³-hybridized carbons (Fsp3) is 0.176. The third-order valence-corrected chi connectivity index (χ3v) is 2.89. The van der Waals surface area contributed by atoms with Crippen molar-refractivity contribution in [2.75, 3.05) is 11.9 Å². The molecule has 3 N–H and O–H groups in total. The maximum atomic E-state index is 12.2. The van der Waals surface area contributed by atoms with Gasteiger partial charge in [0.1, 0.15) is 5.69 Å². The van der Waals surface area contributed by atoms with Gasteiger partial charge in [-0.25, -0.2) is 0 Å².